The van der Waals surface area contributed by atoms with E-state index in [1.54, 1.807) is 4.90 Å². The lowest BCUT2D eigenvalue weighted by atomic mass is 9.94. The van der Waals surface area contributed by atoms with Crippen LogP contribution < -0.4 is 4.90 Å². The topological polar surface area (TPSA) is 62.5 Å². The zero-order chi connectivity index (χ0) is 17.1. The van der Waals surface area contributed by atoms with Crippen molar-refractivity contribution in [1.82, 2.24) is 15.0 Å². The molecule has 2 unspecified atom stereocenters. The van der Waals surface area contributed by atoms with Gasteiger partial charge >= 0.3 is 0 Å². The molecule has 2 atom stereocenters. The van der Waals surface area contributed by atoms with Crippen LogP contribution in [0, 0.1) is 0 Å². The highest BCUT2D eigenvalue weighted by atomic mass is 16.5. The summed E-state index contributed by atoms with van der Waals surface area (Å²) in [6, 6.07) is 9.86. The first kappa shape index (κ1) is 16.5. The molecule has 6 heteroatoms. The van der Waals surface area contributed by atoms with Gasteiger partial charge in [-0.1, -0.05) is 37.3 Å². The first-order chi connectivity index (χ1) is 11.6. The molecule has 1 aromatic heterocycles. The maximum absolute atomic E-state index is 13.1. The van der Waals surface area contributed by atoms with Crippen LogP contribution in [0.15, 0.2) is 34.9 Å². The Labute approximate surface area is 142 Å². The van der Waals surface area contributed by atoms with E-state index in [4.69, 9.17) is 4.52 Å². The van der Waals surface area contributed by atoms with Gasteiger partial charge in [0.05, 0.1) is 5.92 Å². The molecule has 1 saturated heterocycles. The number of hydrogen-bond donors (Lipinski definition) is 0. The van der Waals surface area contributed by atoms with Crippen molar-refractivity contribution in [2.75, 3.05) is 25.5 Å². The zero-order valence-electron chi connectivity index (χ0n) is 14.5. The molecule has 1 aromatic carbocycles. The van der Waals surface area contributed by atoms with Gasteiger partial charge in [-0.2, -0.15) is 4.98 Å². The molecule has 0 radical (unpaired) electrons. The van der Waals surface area contributed by atoms with E-state index >= 15 is 0 Å². The molecule has 6 nitrogen and oxygen atoms in total. The van der Waals surface area contributed by atoms with Gasteiger partial charge in [-0.25, -0.2) is 0 Å². The lowest BCUT2D eigenvalue weighted by molar-refractivity contribution is -0.134. The third-order valence-electron chi connectivity index (χ3n) is 4.56. The van der Waals surface area contributed by atoms with Gasteiger partial charge in [-0.05, 0) is 30.0 Å². The summed E-state index contributed by atoms with van der Waals surface area (Å²) in [6.07, 6.45) is 2.60. The third-order valence-corrected chi connectivity index (χ3v) is 4.56. The van der Waals surface area contributed by atoms with E-state index in [1.807, 2.05) is 49.3 Å². The van der Waals surface area contributed by atoms with Crippen LogP contribution in [0.1, 0.15) is 49.6 Å². The SMILES string of the molecule is CCC(C(=O)N1CCCC1c1nc(N(C)C)no1)c1ccccc1. The average Bonchev–Trinajstić information content (AvgIpc) is 3.25. The summed E-state index contributed by atoms with van der Waals surface area (Å²) < 4.78 is 5.41. The fourth-order valence-corrected chi connectivity index (χ4v) is 3.27. The van der Waals surface area contributed by atoms with Gasteiger partial charge in [0.2, 0.25) is 5.91 Å². The number of benzene rings is 1. The summed E-state index contributed by atoms with van der Waals surface area (Å²) in [5.41, 5.74) is 1.06. The smallest absolute Gasteiger partial charge is 0.265 e. The van der Waals surface area contributed by atoms with Crippen molar-refractivity contribution in [2.24, 2.45) is 0 Å². The van der Waals surface area contributed by atoms with Crippen molar-refractivity contribution in [2.45, 2.75) is 38.1 Å². The van der Waals surface area contributed by atoms with E-state index < -0.39 is 0 Å². The molecule has 128 valence electrons. The van der Waals surface area contributed by atoms with E-state index in [1.165, 1.54) is 0 Å². The Balaban J connectivity index is 1.82. The van der Waals surface area contributed by atoms with Gasteiger partial charge in [-0.3, -0.25) is 4.79 Å². The Kier molecular flexibility index (Phi) is 4.83. The summed E-state index contributed by atoms with van der Waals surface area (Å²) in [7, 11) is 3.74. The monoisotopic (exact) mass is 328 g/mol. The number of carbonyl (C=O) groups is 1. The Morgan fingerprint density at radius 3 is 2.75 bits per heavy atom. The normalized spacial score (nSPS) is 18.6. The van der Waals surface area contributed by atoms with Gasteiger partial charge in [0.1, 0.15) is 6.04 Å². The highest BCUT2D eigenvalue weighted by Crippen LogP contribution is 2.35. The van der Waals surface area contributed by atoms with E-state index in [9.17, 15) is 4.79 Å². The van der Waals surface area contributed by atoms with Crippen LogP contribution in [0.3, 0.4) is 0 Å². The first-order valence-corrected chi connectivity index (χ1v) is 8.48. The number of rotatable bonds is 5. The van der Waals surface area contributed by atoms with Crippen molar-refractivity contribution in [3.05, 3.63) is 41.8 Å². The quantitative estimate of drug-likeness (QED) is 0.844. The minimum atomic E-state index is -0.122. The molecule has 0 saturated carbocycles. The number of carbonyl (C=O) groups excluding carboxylic acids is 1. The second-order valence-corrected chi connectivity index (χ2v) is 6.39. The summed E-state index contributed by atoms with van der Waals surface area (Å²) in [5, 5.41) is 3.98. The van der Waals surface area contributed by atoms with Crippen LogP contribution in [0.4, 0.5) is 5.95 Å². The number of hydrogen-bond acceptors (Lipinski definition) is 5. The third kappa shape index (κ3) is 3.13. The maximum atomic E-state index is 13.1. The van der Waals surface area contributed by atoms with E-state index in [-0.39, 0.29) is 17.9 Å². The van der Waals surface area contributed by atoms with Crippen LogP contribution in [0.25, 0.3) is 0 Å². The van der Waals surface area contributed by atoms with E-state index in [0.717, 1.165) is 31.4 Å². The molecule has 0 aliphatic carbocycles. The largest absolute Gasteiger partial charge is 0.344 e. The minimum absolute atomic E-state index is 0.114. The molecule has 2 aromatic rings. The lowest BCUT2D eigenvalue weighted by Crippen LogP contribution is -2.34. The van der Waals surface area contributed by atoms with Gasteiger partial charge < -0.3 is 14.3 Å². The van der Waals surface area contributed by atoms with Crippen molar-refractivity contribution in [1.29, 1.82) is 0 Å². The molecule has 0 spiro atoms. The minimum Gasteiger partial charge on any atom is -0.344 e. The van der Waals surface area contributed by atoms with Crippen molar-refractivity contribution in [3.63, 3.8) is 0 Å². The van der Waals surface area contributed by atoms with Crippen molar-refractivity contribution < 1.29 is 9.32 Å². The molecule has 0 N–H and O–H groups in total. The Hall–Kier alpha value is -2.37. The molecule has 1 aliphatic heterocycles. The highest BCUT2D eigenvalue weighted by Gasteiger charge is 2.37. The Morgan fingerprint density at radius 1 is 1.38 bits per heavy atom. The van der Waals surface area contributed by atoms with Crippen LogP contribution in [-0.4, -0.2) is 41.6 Å². The second kappa shape index (κ2) is 7.03. The average molecular weight is 328 g/mol. The fourth-order valence-electron chi connectivity index (χ4n) is 3.27. The maximum Gasteiger partial charge on any atom is 0.265 e. The van der Waals surface area contributed by atoms with Crippen LogP contribution in [-0.2, 0) is 4.79 Å². The number of likely N-dealkylation sites (tertiary alicyclic amines) is 1. The van der Waals surface area contributed by atoms with Crippen LogP contribution >= 0.6 is 0 Å². The molecule has 1 amide bonds. The summed E-state index contributed by atoms with van der Waals surface area (Å²) in [6.45, 7) is 2.80. The molecule has 3 rings (SSSR count). The number of amides is 1. The fraction of sp³-hybridized carbons (Fsp3) is 0.500. The molecule has 1 aliphatic rings. The standard InChI is InChI=1S/C18H24N4O2/c1-4-14(13-9-6-5-7-10-13)17(23)22-12-8-11-15(22)16-19-18(20-24-16)21(2)3/h5-7,9-10,14-15H,4,8,11-12H2,1-3H3. The number of aromatic nitrogens is 2. The summed E-state index contributed by atoms with van der Waals surface area (Å²) in [5.74, 6) is 1.10. The van der Waals surface area contributed by atoms with Gasteiger partial charge in [-0.15, -0.1) is 0 Å². The number of nitrogens with zero attached hydrogens (tertiary/aromatic N) is 4. The predicted molar refractivity (Wildman–Crippen MR) is 91.8 cm³/mol. The predicted octanol–water partition coefficient (Wildman–Crippen LogP) is 2.99. The summed E-state index contributed by atoms with van der Waals surface area (Å²) in [4.78, 5) is 21.3. The molecule has 2 heterocycles. The molecule has 0 bridgehead atoms. The molecular formula is C18H24N4O2. The Bertz CT molecular complexity index is 683. The first-order valence-electron chi connectivity index (χ1n) is 8.48. The lowest BCUT2D eigenvalue weighted by Gasteiger charge is -2.26. The highest BCUT2D eigenvalue weighted by molar-refractivity contribution is 5.84. The van der Waals surface area contributed by atoms with Gasteiger partial charge in [0, 0.05) is 20.6 Å². The van der Waals surface area contributed by atoms with E-state index in [2.05, 4.69) is 17.1 Å². The molecular weight excluding hydrogens is 304 g/mol. The molecule has 24 heavy (non-hydrogen) atoms. The van der Waals surface area contributed by atoms with Crippen LogP contribution in [0.2, 0.25) is 0 Å². The zero-order valence-corrected chi connectivity index (χ0v) is 14.5. The number of anilines is 1. The van der Waals surface area contributed by atoms with Gasteiger partial charge in [0.15, 0.2) is 0 Å². The van der Waals surface area contributed by atoms with Gasteiger partial charge in [0.25, 0.3) is 11.8 Å². The summed E-state index contributed by atoms with van der Waals surface area (Å²) >= 11 is 0. The van der Waals surface area contributed by atoms with E-state index in [0.29, 0.717) is 11.8 Å². The second-order valence-electron chi connectivity index (χ2n) is 6.39. The Morgan fingerprint density at radius 2 is 2.12 bits per heavy atom. The van der Waals surface area contributed by atoms with Crippen molar-refractivity contribution >= 4 is 11.9 Å². The van der Waals surface area contributed by atoms with Crippen LogP contribution in [0.5, 0.6) is 0 Å². The van der Waals surface area contributed by atoms with Crippen molar-refractivity contribution in [3.8, 4) is 0 Å². The molecule has 1 fully saturated rings.